The van der Waals surface area contributed by atoms with Gasteiger partial charge in [-0.2, -0.15) is 0 Å². The lowest BCUT2D eigenvalue weighted by atomic mass is 10.2. The summed E-state index contributed by atoms with van der Waals surface area (Å²) in [5.41, 5.74) is 0.731. The molecule has 1 unspecified atom stereocenters. The van der Waals surface area contributed by atoms with Crippen LogP contribution in [0.5, 0.6) is 5.75 Å². The Morgan fingerprint density at radius 3 is 2.55 bits per heavy atom. The van der Waals surface area contributed by atoms with Gasteiger partial charge in [0.1, 0.15) is 12.3 Å². The van der Waals surface area contributed by atoms with E-state index in [2.05, 4.69) is 0 Å². The van der Waals surface area contributed by atoms with Crippen molar-refractivity contribution in [3.8, 4) is 5.75 Å². The number of methoxy groups -OCH3 is 1. The van der Waals surface area contributed by atoms with E-state index in [1.807, 2.05) is 0 Å². The van der Waals surface area contributed by atoms with Crippen LogP contribution < -0.4 is 4.74 Å². The number of hydrogen-bond donors (Lipinski definition) is 0. The van der Waals surface area contributed by atoms with Gasteiger partial charge < -0.3 is 9.64 Å². The highest BCUT2D eigenvalue weighted by atomic mass is 32.2. The Kier molecular flexibility index (Phi) is 6.33. The second-order valence-corrected chi connectivity index (χ2v) is 10.00. The normalized spacial score (nSPS) is 22.3. The summed E-state index contributed by atoms with van der Waals surface area (Å²) in [6.07, 6.45) is 1.97. The highest BCUT2D eigenvalue weighted by molar-refractivity contribution is 8.18. The fraction of sp³-hybridized carbons (Fsp3) is 0.421. The van der Waals surface area contributed by atoms with Crippen LogP contribution in [0.1, 0.15) is 18.9 Å². The van der Waals surface area contributed by atoms with E-state index in [0.717, 1.165) is 22.2 Å². The van der Waals surface area contributed by atoms with Crippen molar-refractivity contribution in [2.24, 2.45) is 0 Å². The summed E-state index contributed by atoms with van der Waals surface area (Å²) in [6.45, 7) is 1.67. The number of likely N-dealkylation sites (N-methyl/N-ethyl adjacent to an activating group) is 1. The summed E-state index contributed by atoms with van der Waals surface area (Å²) in [6, 6.07) is 6.60. The topological polar surface area (TPSA) is 101 Å². The number of rotatable bonds is 6. The molecule has 1 aromatic rings. The summed E-state index contributed by atoms with van der Waals surface area (Å²) in [5, 5.41) is -0.516. The molecule has 3 rings (SSSR count). The lowest BCUT2D eigenvalue weighted by Gasteiger charge is -2.28. The van der Waals surface area contributed by atoms with Gasteiger partial charge in [0.25, 0.3) is 11.1 Å². The quantitative estimate of drug-likeness (QED) is 0.624. The maximum Gasteiger partial charge on any atom is 0.294 e. The van der Waals surface area contributed by atoms with Gasteiger partial charge in [-0.3, -0.25) is 19.3 Å². The summed E-state index contributed by atoms with van der Waals surface area (Å²) < 4.78 is 28.5. The fourth-order valence-corrected chi connectivity index (χ4v) is 5.94. The van der Waals surface area contributed by atoms with Gasteiger partial charge in [0.2, 0.25) is 5.91 Å². The van der Waals surface area contributed by atoms with Gasteiger partial charge in [-0.05, 0) is 48.9 Å². The first-order valence-electron chi connectivity index (χ1n) is 9.13. The van der Waals surface area contributed by atoms with Crippen molar-refractivity contribution < 1.29 is 27.5 Å². The first-order valence-corrected chi connectivity index (χ1v) is 11.8. The van der Waals surface area contributed by atoms with Crippen LogP contribution in [-0.2, 0) is 19.4 Å². The third kappa shape index (κ3) is 4.81. The first kappa shape index (κ1) is 21.4. The molecule has 10 heteroatoms. The van der Waals surface area contributed by atoms with E-state index < -0.39 is 39.5 Å². The van der Waals surface area contributed by atoms with E-state index in [1.54, 1.807) is 44.4 Å². The minimum atomic E-state index is -3.14. The lowest BCUT2D eigenvalue weighted by molar-refractivity contribution is -0.137. The van der Waals surface area contributed by atoms with E-state index in [-0.39, 0.29) is 16.4 Å². The van der Waals surface area contributed by atoms with Gasteiger partial charge in [-0.15, -0.1) is 0 Å². The molecule has 29 heavy (non-hydrogen) atoms. The zero-order valence-corrected chi connectivity index (χ0v) is 17.8. The number of sulfone groups is 1. The molecule has 2 saturated heterocycles. The number of benzene rings is 1. The molecule has 8 nitrogen and oxygen atoms in total. The standard InChI is InChI=1S/C19H22N2O6S2/c1-3-20(14-8-9-29(25,26)12-14)17(22)11-21-18(23)16(28-19(21)24)10-13-4-6-15(27-2)7-5-13/h4-7,10,14H,3,8-9,11-12H2,1-2H3. The molecule has 3 amide bonds. The maximum absolute atomic E-state index is 12.7. The van der Waals surface area contributed by atoms with E-state index >= 15 is 0 Å². The summed E-state index contributed by atoms with van der Waals surface area (Å²) in [7, 11) is -1.59. The molecule has 0 aliphatic carbocycles. The molecule has 0 bridgehead atoms. The van der Waals surface area contributed by atoms with Gasteiger partial charge in [0, 0.05) is 12.6 Å². The number of ether oxygens (including phenoxy) is 1. The average molecular weight is 439 g/mol. The summed E-state index contributed by atoms with van der Waals surface area (Å²) >= 11 is 0.781. The Balaban J connectivity index is 1.70. The van der Waals surface area contributed by atoms with Gasteiger partial charge >= 0.3 is 0 Å². The number of nitrogens with zero attached hydrogens (tertiary/aromatic N) is 2. The van der Waals surface area contributed by atoms with Gasteiger partial charge in [0.05, 0.1) is 23.5 Å². The van der Waals surface area contributed by atoms with Crippen molar-refractivity contribution in [1.82, 2.24) is 9.80 Å². The predicted molar refractivity (Wildman–Crippen MR) is 110 cm³/mol. The molecule has 2 heterocycles. The Labute approximate surface area is 173 Å². The number of hydrogen-bond acceptors (Lipinski definition) is 7. The number of thioether (sulfide) groups is 1. The molecule has 0 aromatic heterocycles. The highest BCUT2D eigenvalue weighted by Gasteiger charge is 2.39. The molecule has 2 fully saturated rings. The third-order valence-corrected chi connectivity index (χ3v) is 7.55. The molecular formula is C19H22N2O6S2. The molecule has 1 atom stereocenters. The third-order valence-electron chi connectivity index (χ3n) is 4.89. The van der Waals surface area contributed by atoms with Crippen LogP contribution in [0.3, 0.4) is 0 Å². The molecule has 0 N–H and O–H groups in total. The van der Waals surface area contributed by atoms with Crippen molar-refractivity contribution in [1.29, 1.82) is 0 Å². The SMILES string of the molecule is CCN(C(=O)CN1C(=O)SC(=Cc2ccc(OC)cc2)C1=O)C1CCS(=O)(=O)C1. The van der Waals surface area contributed by atoms with Crippen LogP contribution in [0.15, 0.2) is 29.2 Å². The zero-order chi connectivity index (χ0) is 21.2. The molecule has 156 valence electrons. The Morgan fingerprint density at radius 2 is 2.00 bits per heavy atom. The minimum absolute atomic E-state index is 0.0492. The Morgan fingerprint density at radius 1 is 1.31 bits per heavy atom. The molecular weight excluding hydrogens is 416 g/mol. The summed E-state index contributed by atoms with van der Waals surface area (Å²) in [5.74, 6) is -0.310. The summed E-state index contributed by atoms with van der Waals surface area (Å²) in [4.78, 5) is 40.2. The van der Waals surface area contributed by atoms with Crippen molar-refractivity contribution in [2.75, 3.05) is 31.7 Å². The number of carbonyl (C=O) groups is 3. The molecule has 2 aliphatic heterocycles. The number of amides is 3. The molecule has 0 saturated carbocycles. The van der Waals surface area contributed by atoms with Gasteiger partial charge in [-0.25, -0.2) is 8.42 Å². The van der Waals surface area contributed by atoms with Crippen LogP contribution >= 0.6 is 11.8 Å². The van der Waals surface area contributed by atoms with Crippen LogP contribution in [0.25, 0.3) is 6.08 Å². The second kappa shape index (κ2) is 8.58. The van der Waals surface area contributed by atoms with E-state index in [4.69, 9.17) is 4.74 Å². The van der Waals surface area contributed by atoms with Crippen LogP contribution in [0.4, 0.5) is 4.79 Å². The molecule has 0 spiro atoms. The van der Waals surface area contributed by atoms with Crippen LogP contribution in [0, 0.1) is 0 Å². The maximum atomic E-state index is 12.7. The minimum Gasteiger partial charge on any atom is -0.497 e. The van der Waals surface area contributed by atoms with E-state index in [9.17, 15) is 22.8 Å². The second-order valence-electron chi connectivity index (χ2n) is 6.78. The first-order chi connectivity index (χ1) is 13.7. The van der Waals surface area contributed by atoms with Crippen LogP contribution in [-0.4, -0.2) is 73.0 Å². The monoisotopic (exact) mass is 438 g/mol. The average Bonchev–Trinajstić information content (AvgIpc) is 3.16. The van der Waals surface area contributed by atoms with Crippen molar-refractivity contribution in [3.05, 3.63) is 34.7 Å². The van der Waals surface area contributed by atoms with Crippen molar-refractivity contribution >= 4 is 44.7 Å². The smallest absolute Gasteiger partial charge is 0.294 e. The zero-order valence-electron chi connectivity index (χ0n) is 16.2. The van der Waals surface area contributed by atoms with Crippen molar-refractivity contribution in [3.63, 3.8) is 0 Å². The fourth-order valence-electron chi connectivity index (χ4n) is 3.37. The molecule has 2 aliphatic rings. The number of imide groups is 1. The Bertz CT molecular complexity index is 955. The Hall–Kier alpha value is -2.33. The highest BCUT2D eigenvalue weighted by Crippen LogP contribution is 2.32. The van der Waals surface area contributed by atoms with Gasteiger partial charge in [0.15, 0.2) is 9.84 Å². The van der Waals surface area contributed by atoms with Crippen molar-refractivity contribution in [2.45, 2.75) is 19.4 Å². The van der Waals surface area contributed by atoms with E-state index in [1.165, 1.54) is 4.90 Å². The number of carbonyl (C=O) groups excluding carboxylic acids is 3. The van der Waals surface area contributed by atoms with Crippen LogP contribution in [0.2, 0.25) is 0 Å². The largest absolute Gasteiger partial charge is 0.497 e. The predicted octanol–water partition coefficient (Wildman–Crippen LogP) is 1.77. The lowest BCUT2D eigenvalue weighted by Crippen LogP contribution is -2.47. The molecule has 1 aromatic carbocycles. The van der Waals surface area contributed by atoms with E-state index in [0.29, 0.717) is 18.7 Å². The molecule has 0 radical (unpaired) electrons. The van der Waals surface area contributed by atoms with Gasteiger partial charge in [-0.1, -0.05) is 12.1 Å².